The highest BCUT2D eigenvalue weighted by Crippen LogP contribution is 2.15. The molecule has 0 saturated heterocycles. The standard InChI is InChI=1S/C11H12BrNO3/c12-8-3-1-4-9(7-8)13-10(14)5-2-6-11(15)16/h1,3-4,7H,2,5-6H2,(H,13,14)(H,15,16)/p-1. The lowest BCUT2D eigenvalue weighted by atomic mass is 10.2. The first-order valence-electron chi connectivity index (χ1n) is 4.83. The van der Waals surface area contributed by atoms with Gasteiger partial charge in [-0.1, -0.05) is 22.0 Å². The van der Waals surface area contributed by atoms with Gasteiger partial charge in [0.15, 0.2) is 0 Å². The lowest BCUT2D eigenvalue weighted by Crippen LogP contribution is -2.22. The molecule has 1 amide bonds. The molecule has 0 aliphatic heterocycles. The number of anilines is 1. The molecule has 0 spiro atoms. The average Bonchev–Trinajstić information content (AvgIpc) is 2.16. The fourth-order valence-corrected chi connectivity index (χ4v) is 1.58. The first kappa shape index (κ1) is 12.7. The molecule has 1 aromatic rings. The lowest BCUT2D eigenvalue weighted by Gasteiger charge is -2.05. The van der Waals surface area contributed by atoms with Crippen molar-refractivity contribution in [1.82, 2.24) is 0 Å². The SMILES string of the molecule is O=C([O-])CCCC(=O)Nc1cccc(Br)c1. The zero-order valence-corrected chi connectivity index (χ0v) is 10.1. The van der Waals surface area contributed by atoms with Crippen LogP contribution < -0.4 is 10.4 Å². The van der Waals surface area contributed by atoms with Gasteiger partial charge < -0.3 is 15.2 Å². The van der Waals surface area contributed by atoms with Crippen LogP contribution in [-0.2, 0) is 9.59 Å². The second-order valence-electron chi connectivity index (χ2n) is 3.28. The number of carbonyl (C=O) groups excluding carboxylic acids is 2. The van der Waals surface area contributed by atoms with E-state index in [2.05, 4.69) is 21.2 Å². The van der Waals surface area contributed by atoms with E-state index < -0.39 is 5.97 Å². The first-order chi connectivity index (χ1) is 7.58. The Kier molecular flexibility index (Phi) is 4.98. The van der Waals surface area contributed by atoms with Gasteiger partial charge in [-0.2, -0.15) is 0 Å². The van der Waals surface area contributed by atoms with Crippen molar-refractivity contribution in [2.45, 2.75) is 19.3 Å². The lowest BCUT2D eigenvalue weighted by molar-refractivity contribution is -0.305. The summed E-state index contributed by atoms with van der Waals surface area (Å²) in [7, 11) is 0. The summed E-state index contributed by atoms with van der Waals surface area (Å²) in [4.78, 5) is 21.5. The minimum absolute atomic E-state index is 0.0914. The smallest absolute Gasteiger partial charge is 0.224 e. The number of hydrogen-bond donors (Lipinski definition) is 1. The van der Waals surface area contributed by atoms with Crippen LogP contribution in [-0.4, -0.2) is 11.9 Å². The minimum Gasteiger partial charge on any atom is -0.550 e. The van der Waals surface area contributed by atoms with Gasteiger partial charge in [-0.25, -0.2) is 0 Å². The zero-order chi connectivity index (χ0) is 12.0. The summed E-state index contributed by atoms with van der Waals surface area (Å²) in [6.45, 7) is 0. The molecule has 0 unspecified atom stereocenters. The molecule has 1 aromatic carbocycles. The number of nitrogens with one attached hydrogen (secondary N) is 1. The Morgan fingerprint density at radius 2 is 2.06 bits per heavy atom. The summed E-state index contributed by atoms with van der Waals surface area (Å²) >= 11 is 3.29. The van der Waals surface area contributed by atoms with Gasteiger partial charge in [0.05, 0.1) is 0 Å². The van der Waals surface area contributed by atoms with E-state index in [1.165, 1.54) is 0 Å². The quantitative estimate of drug-likeness (QED) is 0.886. The molecule has 0 aliphatic carbocycles. The third kappa shape index (κ3) is 4.93. The van der Waals surface area contributed by atoms with Crippen LogP contribution in [0.3, 0.4) is 0 Å². The van der Waals surface area contributed by atoms with E-state index in [0.717, 1.165) is 4.47 Å². The van der Waals surface area contributed by atoms with Gasteiger partial charge in [-0.15, -0.1) is 0 Å². The fraction of sp³-hybridized carbons (Fsp3) is 0.273. The highest BCUT2D eigenvalue weighted by atomic mass is 79.9. The van der Waals surface area contributed by atoms with Crippen molar-refractivity contribution >= 4 is 33.5 Å². The second kappa shape index (κ2) is 6.27. The van der Waals surface area contributed by atoms with Crippen molar-refractivity contribution in [2.24, 2.45) is 0 Å². The molecule has 0 radical (unpaired) electrons. The minimum atomic E-state index is -1.13. The first-order valence-corrected chi connectivity index (χ1v) is 5.62. The number of carbonyl (C=O) groups is 2. The van der Waals surface area contributed by atoms with Crippen LogP contribution in [0.25, 0.3) is 0 Å². The largest absolute Gasteiger partial charge is 0.550 e. The molecule has 4 nitrogen and oxygen atoms in total. The molecule has 1 rings (SSSR count). The molecule has 0 fully saturated rings. The Bertz CT molecular complexity index is 393. The maximum atomic E-state index is 11.4. The third-order valence-electron chi connectivity index (χ3n) is 1.89. The van der Waals surface area contributed by atoms with Crippen LogP contribution in [0.4, 0.5) is 5.69 Å². The normalized spacial score (nSPS) is 9.81. The Morgan fingerprint density at radius 1 is 1.31 bits per heavy atom. The van der Waals surface area contributed by atoms with Gasteiger partial charge in [-0.3, -0.25) is 4.79 Å². The Balaban J connectivity index is 2.37. The molecule has 16 heavy (non-hydrogen) atoms. The predicted octanol–water partition coefficient (Wildman–Crippen LogP) is 1.31. The van der Waals surface area contributed by atoms with E-state index in [1.54, 1.807) is 18.2 Å². The monoisotopic (exact) mass is 284 g/mol. The van der Waals surface area contributed by atoms with Crippen LogP contribution >= 0.6 is 15.9 Å². The van der Waals surface area contributed by atoms with Gasteiger partial charge in [0.25, 0.3) is 0 Å². The summed E-state index contributed by atoms with van der Waals surface area (Å²) in [6, 6.07) is 7.20. The average molecular weight is 285 g/mol. The molecule has 0 aromatic heterocycles. The molecule has 0 atom stereocenters. The third-order valence-corrected chi connectivity index (χ3v) is 2.39. The van der Waals surface area contributed by atoms with Crippen molar-refractivity contribution in [3.05, 3.63) is 28.7 Å². The molecule has 0 bridgehead atoms. The van der Waals surface area contributed by atoms with E-state index in [-0.39, 0.29) is 18.7 Å². The highest BCUT2D eigenvalue weighted by molar-refractivity contribution is 9.10. The van der Waals surface area contributed by atoms with E-state index in [9.17, 15) is 14.7 Å². The molecular weight excluding hydrogens is 274 g/mol. The molecule has 0 heterocycles. The maximum Gasteiger partial charge on any atom is 0.224 e. The van der Waals surface area contributed by atoms with Gasteiger partial charge in [0, 0.05) is 22.6 Å². The number of halogens is 1. The summed E-state index contributed by atoms with van der Waals surface area (Å²) in [5.74, 6) is -1.32. The van der Waals surface area contributed by atoms with Crippen LogP contribution in [0.5, 0.6) is 0 Å². The molecule has 0 saturated carbocycles. The molecular formula is C11H11BrNO3-. The van der Waals surface area contributed by atoms with E-state index in [4.69, 9.17) is 0 Å². The Morgan fingerprint density at radius 3 is 2.69 bits per heavy atom. The Hall–Kier alpha value is -1.36. The van der Waals surface area contributed by atoms with Crippen LogP contribution in [0.2, 0.25) is 0 Å². The van der Waals surface area contributed by atoms with E-state index >= 15 is 0 Å². The van der Waals surface area contributed by atoms with Crippen LogP contribution in [0, 0.1) is 0 Å². The molecule has 0 aliphatic rings. The van der Waals surface area contributed by atoms with Crippen molar-refractivity contribution in [2.75, 3.05) is 5.32 Å². The van der Waals surface area contributed by atoms with Crippen molar-refractivity contribution < 1.29 is 14.7 Å². The summed E-state index contributed by atoms with van der Waals surface area (Å²) < 4.78 is 0.875. The number of hydrogen-bond acceptors (Lipinski definition) is 3. The number of rotatable bonds is 5. The summed E-state index contributed by atoms with van der Waals surface area (Å²) in [5.41, 5.74) is 0.688. The topological polar surface area (TPSA) is 69.2 Å². The van der Waals surface area contributed by atoms with Crippen molar-refractivity contribution in [3.8, 4) is 0 Å². The van der Waals surface area contributed by atoms with Crippen molar-refractivity contribution in [3.63, 3.8) is 0 Å². The molecule has 86 valence electrons. The van der Waals surface area contributed by atoms with E-state index in [0.29, 0.717) is 12.1 Å². The van der Waals surface area contributed by atoms with Gasteiger partial charge >= 0.3 is 0 Å². The summed E-state index contributed by atoms with van der Waals surface area (Å²) in [6.07, 6.45) is 0.383. The number of carboxylic acids is 1. The van der Waals surface area contributed by atoms with Crippen LogP contribution in [0.15, 0.2) is 28.7 Å². The highest BCUT2D eigenvalue weighted by Gasteiger charge is 2.02. The van der Waals surface area contributed by atoms with Gasteiger partial charge in [-0.05, 0) is 31.0 Å². The molecule has 1 N–H and O–H groups in total. The van der Waals surface area contributed by atoms with Gasteiger partial charge in [0.2, 0.25) is 5.91 Å². The maximum absolute atomic E-state index is 11.4. The molecule has 5 heteroatoms. The fourth-order valence-electron chi connectivity index (χ4n) is 1.18. The summed E-state index contributed by atoms with van der Waals surface area (Å²) in [5, 5.41) is 12.8. The Labute approximate surface area is 102 Å². The van der Waals surface area contributed by atoms with Crippen LogP contribution in [0.1, 0.15) is 19.3 Å². The zero-order valence-electron chi connectivity index (χ0n) is 8.53. The number of carboxylic acid groups (broad SMARTS) is 1. The van der Waals surface area contributed by atoms with E-state index in [1.807, 2.05) is 6.07 Å². The number of benzene rings is 1. The van der Waals surface area contributed by atoms with Crippen molar-refractivity contribution in [1.29, 1.82) is 0 Å². The number of amides is 1. The predicted molar refractivity (Wildman–Crippen MR) is 61.6 cm³/mol. The second-order valence-corrected chi connectivity index (χ2v) is 4.20. The van der Waals surface area contributed by atoms with Gasteiger partial charge in [0.1, 0.15) is 0 Å². The number of aliphatic carboxylic acids is 1.